The second kappa shape index (κ2) is 3.51. The molecule has 1 fully saturated rings. The van der Waals surface area contributed by atoms with Gasteiger partial charge in [0.2, 0.25) is 15.0 Å². The first-order valence-electron chi connectivity index (χ1n) is 5.17. The van der Waals surface area contributed by atoms with Gasteiger partial charge in [-0.2, -0.15) is 10.1 Å². The number of aryl methyl sites for hydroxylation is 1. The van der Waals surface area contributed by atoms with E-state index in [0.717, 1.165) is 6.54 Å². The van der Waals surface area contributed by atoms with Crippen LogP contribution in [0.4, 0.5) is 0 Å². The van der Waals surface area contributed by atoms with Crippen LogP contribution in [0.15, 0.2) is 5.16 Å². The van der Waals surface area contributed by atoms with Crippen molar-refractivity contribution in [2.75, 3.05) is 25.4 Å². The monoisotopic (exact) mass is 244 g/mol. The van der Waals surface area contributed by atoms with Gasteiger partial charge in [0, 0.05) is 13.1 Å². The minimum Gasteiger partial charge on any atom is -0.367 e. The third-order valence-electron chi connectivity index (χ3n) is 2.72. The molecule has 7 nitrogen and oxygen atoms in total. The van der Waals surface area contributed by atoms with E-state index in [-0.39, 0.29) is 17.0 Å². The van der Waals surface area contributed by atoms with Gasteiger partial charge < -0.3 is 10.1 Å². The number of rotatable bonds is 1. The van der Waals surface area contributed by atoms with Gasteiger partial charge in [0.05, 0.1) is 18.9 Å². The number of nitrogens with zero attached hydrogens (tertiary/aromatic N) is 3. The van der Waals surface area contributed by atoms with Crippen LogP contribution in [0, 0.1) is 0 Å². The van der Waals surface area contributed by atoms with Crippen molar-refractivity contribution >= 4 is 9.84 Å². The number of aromatic nitrogens is 3. The fraction of sp³-hybridized carbons (Fsp3) is 0.750. The molecule has 3 rings (SSSR count). The number of morpholine rings is 1. The fourth-order valence-corrected chi connectivity index (χ4v) is 3.17. The van der Waals surface area contributed by atoms with Gasteiger partial charge in [-0.3, -0.25) is 0 Å². The SMILES string of the molecule is O=S1(=O)CCn2nc(C3CNCCO3)nc21. The first-order chi connectivity index (χ1) is 7.67. The lowest BCUT2D eigenvalue weighted by Gasteiger charge is -2.20. The number of hydrogen-bond donors (Lipinski definition) is 1. The molecule has 16 heavy (non-hydrogen) atoms. The van der Waals surface area contributed by atoms with Crippen LogP contribution in [-0.4, -0.2) is 48.6 Å². The van der Waals surface area contributed by atoms with Crippen molar-refractivity contribution < 1.29 is 13.2 Å². The van der Waals surface area contributed by atoms with E-state index in [1.807, 2.05) is 0 Å². The summed E-state index contributed by atoms with van der Waals surface area (Å²) in [5.74, 6) is 0.567. The van der Waals surface area contributed by atoms with Gasteiger partial charge in [-0.1, -0.05) is 0 Å². The molecule has 0 spiro atoms. The number of sulfone groups is 1. The molecule has 0 aromatic carbocycles. The summed E-state index contributed by atoms with van der Waals surface area (Å²) in [6, 6.07) is 0. The maximum atomic E-state index is 11.6. The molecule has 2 aliphatic rings. The maximum Gasteiger partial charge on any atom is 0.246 e. The van der Waals surface area contributed by atoms with Crippen molar-refractivity contribution in [1.82, 2.24) is 20.1 Å². The Kier molecular flexibility index (Phi) is 2.23. The Morgan fingerprint density at radius 1 is 1.50 bits per heavy atom. The molecule has 1 unspecified atom stereocenters. The molecule has 0 aliphatic carbocycles. The second-order valence-corrected chi connectivity index (χ2v) is 5.86. The van der Waals surface area contributed by atoms with Crippen LogP contribution in [-0.2, 0) is 21.1 Å². The lowest BCUT2D eigenvalue weighted by molar-refractivity contribution is 0.0219. The van der Waals surface area contributed by atoms with Crippen LogP contribution in [0.5, 0.6) is 0 Å². The zero-order valence-corrected chi connectivity index (χ0v) is 9.40. The quantitative estimate of drug-likeness (QED) is 0.662. The normalized spacial score (nSPS) is 27.9. The molecule has 1 aromatic heterocycles. The topological polar surface area (TPSA) is 86.1 Å². The molecule has 0 radical (unpaired) electrons. The van der Waals surface area contributed by atoms with Gasteiger partial charge in [-0.05, 0) is 0 Å². The van der Waals surface area contributed by atoms with E-state index in [0.29, 0.717) is 25.5 Å². The van der Waals surface area contributed by atoms with Crippen LogP contribution in [0.2, 0.25) is 0 Å². The first kappa shape index (κ1) is 10.2. The Hall–Kier alpha value is -0.990. The van der Waals surface area contributed by atoms with Gasteiger partial charge in [-0.15, -0.1) is 0 Å². The lowest BCUT2D eigenvalue weighted by Crippen LogP contribution is -2.34. The zero-order chi connectivity index (χ0) is 11.2. The highest BCUT2D eigenvalue weighted by Gasteiger charge is 2.32. The van der Waals surface area contributed by atoms with E-state index in [1.54, 1.807) is 0 Å². The summed E-state index contributed by atoms with van der Waals surface area (Å²) in [7, 11) is -3.21. The summed E-state index contributed by atoms with van der Waals surface area (Å²) in [6.45, 7) is 2.43. The third kappa shape index (κ3) is 1.53. The van der Waals surface area contributed by atoms with Crippen molar-refractivity contribution in [3.63, 3.8) is 0 Å². The summed E-state index contributed by atoms with van der Waals surface area (Å²) in [4.78, 5) is 4.07. The van der Waals surface area contributed by atoms with E-state index in [9.17, 15) is 8.42 Å². The number of nitrogens with one attached hydrogen (secondary N) is 1. The Labute approximate surface area is 92.7 Å². The van der Waals surface area contributed by atoms with Gasteiger partial charge in [-0.25, -0.2) is 13.1 Å². The van der Waals surface area contributed by atoms with Gasteiger partial charge in [0.25, 0.3) is 0 Å². The largest absolute Gasteiger partial charge is 0.367 e. The van der Waals surface area contributed by atoms with Crippen LogP contribution < -0.4 is 5.32 Å². The van der Waals surface area contributed by atoms with Gasteiger partial charge in [0.1, 0.15) is 6.10 Å². The van der Waals surface area contributed by atoms with E-state index in [1.165, 1.54) is 4.68 Å². The molecule has 0 amide bonds. The van der Waals surface area contributed by atoms with Crippen LogP contribution >= 0.6 is 0 Å². The minimum absolute atomic E-state index is 0.0803. The summed E-state index contributed by atoms with van der Waals surface area (Å²) < 4.78 is 30.1. The fourth-order valence-electron chi connectivity index (χ4n) is 1.89. The van der Waals surface area contributed by atoms with Gasteiger partial charge in [0.15, 0.2) is 5.82 Å². The van der Waals surface area contributed by atoms with Crippen molar-refractivity contribution in [1.29, 1.82) is 0 Å². The Morgan fingerprint density at radius 2 is 2.38 bits per heavy atom. The molecule has 88 valence electrons. The smallest absolute Gasteiger partial charge is 0.246 e. The predicted octanol–water partition coefficient (Wildman–Crippen LogP) is -1.27. The Bertz CT molecular complexity index is 503. The van der Waals surface area contributed by atoms with E-state index in [2.05, 4.69) is 15.4 Å². The van der Waals surface area contributed by atoms with Crippen molar-refractivity contribution in [2.24, 2.45) is 0 Å². The van der Waals surface area contributed by atoms with Crippen molar-refractivity contribution in [3.05, 3.63) is 5.82 Å². The Balaban J connectivity index is 1.94. The lowest BCUT2D eigenvalue weighted by atomic mass is 10.3. The molecule has 1 atom stereocenters. The first-order valence-corrected chi connectivity index (χ1v) is 6.82. The molecule has 1 N–H and O–H groups in total. The standard InChI is InChI=1S/C8H12N4O3S/c13-16(14)4-2-12-8(16)10-7(11-12)6-5-9-1-3-15-6/h6,9H,1-5H2. The van der Waals surface area contributed by atoms with Gasteiger partial charge >= 0.3 is 0 Å². The molecule has 0 bridgehead atoms. The average molecular weight is 244 g/mol. The second-order valence-electron chi connectivity index (χ2n) is 3.86. The number of ether oxygens (including phenoxy) is 1. The van der Waals surface area contributed by atoms with E-state index < -0.39 is 9.84 Å². The summed E-state index contributed by atoms with van der Waals surface area (Å²) >= 11 is 0. The zero-order valence-electron chi connectivity index (χ0n) is 8.59. The van der Waals surface area contributed by atoms with Crippen LogP contribution in [0.1, 0.15) is 11.9 Å². The predicted molar refractivity (Wildman–Crippen MR) is 53.6 cm³/mol. The summed E-state index contributed by atoms with van der Waals surface area (Å²) in [6.07, 6.45) is -0.234. The highest BCUT2D eigenvalue weighted by molar-refractivity contribution is 7.91. The van der Waals surface area contributed by atoms with Crippen molar-refractivity contribution in [3.8, 4) is 0 Å². The van der Waals surface area contributed by atoms with Crippen LogP contribution in [0.25, 0.3) is 0 Å². The summed E-state index contributed by atoms with van der Waals surface area (Å²) in [5, 5.41) is 7.41. The maximum absolute atomic E-state index is 11.6. The highest BCUT2D eigenvalue weighted by atomic mass is 32.2. The summed E-state index contributed by atoms with van der Waals surface area (Å²) in [5.41, 5.74) is 0. The molecular formula is C8H12N4O3S. The number of hydrogen-bond acceptors (Lipinski definition) is 6. The number of fused-ring (bicyclic) bond motifs is 1. The molecule has 8 heteroatoms. The van der Waals surface area contributed by atoms with Crippen molar-refractivity contribution in [2.45, 2.75) is 17.8 Å². The molecule has 2 aliphatic heterocycles. The molecule has 1 aromatic rings. The molecule has 0 saturated carbocycles. The third-order valence-corrected chi connectivity index (χ3v) is 4.30. The molecule has 3 heterocycles. The Morgan fingerprint density at radius 3 is 3.06 bits per heavy atom. The minimum atomic E-state index is -3.21. The molecule has 1 saturated heterocycles. The highest BCUT2D eigenvalue weighted by Crippen LogP contribution is 2.21. The molecular weight excluding hydrogens is 232 g/mol. The van der Waals surface area contributed by atoms with E-state index >= 15 is 0 Å². The van der Waals surface area contributed by atoms with E-state index in [4.69, 9.17) is 4.74 Å². The van der Waals surface area contributed by atoms with Crippen LogP contribution in [0.3, 0.4) is 0 Å². The average Bonchev–Trinajstić information content (AvgIpc) is 2.82.